The molecule has 0 bridgehead atoms. The molecule has 8 nitrogen and oxygen atoms in total. The molecule has 31 heavy (non-hydrogen) atoms. The van der Waals surface area contributed by atoms with Crippen molar-refractivity contribution in [1.82, 2.24) is 20.6 Å². The molecule has 0 radical (unpaired) electrons. The average molecular weight is 438 g/mol. The second-order valence-corrected chi connectivity index (χ2v) is 6.28. The van der Waals surface area contributed by atoms with E-state index in [-0.39, 0.29) is 35.9 Å². The number of halogens is 4. The van der Waals surface area contributed by atoms with Crippen molar-refractivity contribution in [3.63, 3.8) is 0 Å². The molecular formula is C19H13F4N5O3. The van der Waals surface area contributed by atoms with E-state index in [0.717, 1.165) is 12.1 Å². The number of benzene rings is 2. The van der Waals surface area contributed by atoms with Gasteiger partial charge in [0, 0.05) is 5.57 Å². The molecule has 0 saturated carbocycles. The van der Waals surface area contributed by atoms with Crippen LogP contribution in [-0.4, -0.2) is 46.8 Å². The van der Waals surface area contributed by atoms with Gasteiger partial charge in [0.2, 0.25) is 5.82 Å². The number of carbonyl (C=O) groups is 1. The molecule has 0 fully saturated rings. The summed E-state index contributed by atoms with van der Waals surface area (Å²) in [5, 5.41) is 14.7. The highest BCUT2D eigenvalue weighted by Crippen LogP contribution is 2.36. The predicted molar refractivity (Wildman–Crippen MR) is 98.8 cm³/mol. The molecule has 1 aromatic heterocycles. The quantitative estimate of drug-likeness (QED) is 0.469. The zero-order valence-electron chi connectivity index (χ0n) is 18.3. The predicted octanol–water partition coefficient (Wildman–Crippen LogP) is 2.85. The molecule has 0 spiro atoms. The zero-order valence-corrected chi connectivity index (χ0v) is 15.3. The third-order valence-corrected chi connectivity index (χ3v) is 4.49. The number of ether oxygens (including phenoxy) is 2. The molecule has 1 aliphatic heterocycles. The molecule has 1 aliphatic rings. The first-order valence-corrected chi connectivity index (χ1v) is 8.57. The van der Waals surface area contributed by atoms with Crippen LogP contribution in [0.2, 0.25) is 0 Å². The van der Waals surface area contributed by atoms with Gasteiger partial charge in [-0.05, 0) is 22.9 Å². The van der Waals surface area contributed by atoms with E-state index in [0.29, 0.717) is 0 Å². The Labute approximate surface area is 176 Å². The van der Waals surface area contributed by atoms with Crippen molar-refractivity contribution in [3.8, 4) is 16.9 Å². The number of nitrogens with one attached hydrogen (secondary N) is 2. The van der Waals surface area contributed by atoms with E-state index in [1.165, 1.54) is 12.1 Å². The molecule has 0 unspecified atom stereocenters. The summed E-state index contributed by atoms with van der Waals surface area (Å²) in [5.41, 5.74) is -2.79. The van der Waals surface area contributed by atoms with E-state index in [1.54, 1.807) is 0 Å². The Bertz CT molecular complexity index is 1270. The van der Waals surface area contributed by atoms with E-state index in [9.17, 15) is 22.4 Å². The van der Waals surface area contributed by atoms with Gasteiger partial charge in [-0.2, -0.15) is 5.21 Å². The first-order valence-electron chi connectivity index (χ1n) is 10.1. The largest absolute Gasteiger partial charge is 0.497 e. The Morgan fingerprint density at radius 2 is 1.97 bits per heavy atom. The van der Waals surface area contributed by atoms with Crippen molar-refractivity contribution < 1.29 is 35.9 Å². The number of hydrogen-bond donors (Lipinski definition) is 2. The Balaban J connectivity index is 1.71. The fraction of sp³-hybridized carbons (Fsp3) is 0.158. The lowest BCUT2D eigenvalue weighted by atomic mass is 10.0. The minimum absolute atomic E-state index is 0.00969. The molecule has 3 aromatic rings. The maximum absolute atomic E-state index is 14.8. The van der Waals surface area contributed by atoms with Gasteiger partial charge in [0.1, 0.15) is 11.4 Å². The summed E-state index contributed by atoms with van der Waals surface area (Å²) in [6, 6.07) is 4.38. The normalized spacial score (nSPS) is 15.4. The van der Waals surface area contributed by atoms with Crippen LogP contribution in [0.4, 0.5) is 23.2 Å². The fourth-order valence-electron chi connectivity index (χ4n) is 3.02. The van der Waals surface area contributed by atoms with Crippen LogP contribution in [-0.2, 0) is 9.53 Å². The number of methoxy groups -OCH3 is 1. The first-order chi connectivity index (χ1) is 16.1. The highest BCUT2D eigenvalue weighted by molar-refractivity contribution is 6.09. The summed E-state index contributed by atoms with van der Waals surface area (Å²) in [6.45, 7) is -0.359. The Kier molecular flexibility index (Phi) is 4.45. The number of hydrogen-bond acceptors (Lipinski definition) is 6. The van der Waals surface area contributed by atoms with Crippen LogP contribution in [0, 0.1) is 23.3 Å². The van der Waals surface area contributed by atoms with Crippen LogP contribution in [0.3, 0.4) is 0 Å². The highest BCUT2D eigenvalue weighted by Gasteiger charge is 2.30. The zero-order chi connectivity index (χ0) is 24.6. The summed E-state index contributed by atoms with van der Waals surface area (Å²) in [4.78, 5) is 12.6. The van der Waals surface area contributed by atoms with E-state index in [2.05, 4.69) is 25.4 Å². The van der Waals surface area contributed by atoms with Crippen molar-refractivity contribution >= 4 is 17.2 Å². The lowest BCUT2D eigenvalue weighted by Crippen LogP contribution is -2.20. The summed E-state index contributed by atoms with van der Waals surface area (Å²) >= 11 is 0. The SMILES string of the molecule is [2H]C([2H])([2H])Oc1cccc(-c2c(F)c(F)c(NC(=O)C3=C(c4nn[nH]n4)COC3)c(F)c2F)c1. The number of nitrogens with zero attached hydrogens (tertiary/aromatic N) is 3. The minimum atomic E-state index is -2.86. The molecular weight excluding hydrogens is 422 g/mol. The van der Waals surface area contributed by atoms with Crippen LogP contribution in [0.5, 0.6) is 5.75 Å². The molecule has 0 saturated heterocycles. The van der Waals surface area contributed by atoms with Gasteiger partial charge in [0.15, 0.2) is 23.3 Å². The summed E-state index contributed by atoms with van der Waals surface area (Å²) in [7, 11) is -2.86. The summed E-state index contributed by atoms with van der Waals surface area (Å²) in [6.07, 6.45) is 0. The molecule has 2 heterocycles. The second kappa shape index (κ2) is 8.14. The number of amides is 1. The van der Waals surface area contributed by atoms with Gasteiger partial charge >= 0.3 is 0 Å². The number of carbonyl (C=O) groups excluding carboxylic acids is 1. The Morgan fingerprint density at radius 1 is 1.19 bits per heavy atom. The molecule has 4 rings (SSSR count). The van der Waals surface area contributed by atoms with E-state index < -0.39 is 53.0 Å². The van der Waals surface area contributed by atoms with Gasteiger partial charge in [-0.3, -0.25) is 4.79 Å². The van der Waals surface area contributed by atoms with Crippen LogP contribution in [0.25, 0.3) is 16.7 Å². The molecule has 1 amide bonds. The summed E-state index contributed by atoms with van der Waals surface area (Å²) < 4.78 is 90.3. The van der Waals surface area contributed by atoms with Crippen molar-refractivity contribution in [3.05, 3.63) is 58.9 Å². The van der Waals surface area contributed by atoms with E-state index in [1.807, 2.05) is 5.32 Å². The monoisotopic (exact) mass is 438 g/mol. The van der Waals surface area contributed by atoms with E-state index >= 15 is 0 Å². The van der Waals surface area contributed by atoms with E-state index in [4.69, 9.17) is 8.85 Å². The second-order valence-electron chi connectivity index (χ2n) is 6.28. The lowest BCUT2D eigenvalue weighted by Gasteiger charge is -2.14. The number of rotatable bonds is 5. The first kappa shape index (κ1) is 16.9. The minimum Gasteiger partial charge on any atom is -0.497 e. The van der Waals surface area contributed by atoms with Crippen molar-refractivity contribution in [2.24, 2.45) is 0 Å². The van der Waals surface area contributed by atoms with Crippen molar-refractivity contribution in [1.29, 1.82) is 0 Å². The topological polar surface area (TPSA) is 102 Å². The molecule has 2 aromatic carbocycles. The van der Waals surface area contributed by atoms with Crippen molar-refractivity contribution in [2.75, 3.05) is 25.6 Å². The fourth-order valence-corrected chi connectivity index (χ4v) is 3.02. The lowest BCUT2D eigenvalue weighted by molar-refractivity contribution is -0.113. The maximum Gasteiger partial charge on any atom is 0.254 e. The molecule has 0 atom stereocenters. The molecule has 12 heteroatoms. The number of anilines is 1. The molecule has 160 valence electrons. The van der Waals surface area contributed by atoms with Gasteiger partial charge in [-0.1, -0.05) is 12.1 Å². The Hall–Kier alpha value is -3.80. The molecule has 2 N–H and O–H groups in total. The van der Waals surface area contributed by atoms with Gasteiger partial charge in [-0.25, -0.2) is 17.6 Å². The summed E-state index contributed by atoms with van der Waals surface area (Å²) in [5.74, 6) is -8.75. The van der Waals surface area contributed by atoms with Crippen LogP contribution < -0.4 is 10.1 Å². The van der Waals surface area contributed by atoms with Crippen LogP contribution >= 0.6 is 0 Å². The van der Waals surface area contributed by atoms with Gasteiger partial charge in [-0.15, -0.1) is 10.2 Å². The third-order valence-electron chi connectivity index (χ3n) is 4.49. The number of aromatic amines is 1. The number of H-pyrrole nitrogens is 1. The number of tetrazole rings is 1. The van der Waals surface area contributed by atoms with Crippen LogP contribution in [0.15, 0.2) is 29.8 Å². The van der Waals surface area contributed by atoms with Gasteiger partial charge in [0.25, 0.3) is 5.91 Å². The highest BCUT2D eigenvalue weighted by atomic mass is 19.2. The van der Waals surface area contributed by atoms with Gasteiger partial charge < -0.3 is 14.8 Å². The smallest absolute Gasteiger partial charge is 0.254 e. The maximum atomic E-state index is 14.8. The molecule has 0 aliphatic carbocycles. The van der Waals surface area contributed by atoms with Crippen LogP contribution in [0.1, 0.15) is 9.94 Å². The van der Waals surface area contributed by atoms with Gasteiger partial charge in [0.05, 0.1) is 35.5 Å². The number of aromatic nitrogens is 4. The average Bonchev–Trinajstić information content (AvgIpc) is 3.46. The third kappa shape index (κ3) is 3.61. The standard InChI is InChI=1S/C19H13F4N5O3/c1-30-9-4-2-3-8(5-9)12-13(20)15(22)17(16(23)14(12)21)24-19(29)11-7-31-6-10(11)18-25-27-28-26-18/h2-5H,6-7H2,1H3,(H,24,29)(H,25,26,27,28)/i1D3. The van der Waals surface area contributed by atoms with Crippen molar-refractivity contribution in [2.45, 2.75) is 0 Å². The Morgan fingerprint density at radius 3 is 2.65 bits per heavy atom.